The lowest BCUT2D eigenvalue weighted by Gasteiger charge is -2.11. The molecule has 0 saturated carbocycles. The van der Waals surface area contributed by atoms with Crippen molar-refractivity contribution in [2.24, 2.45) is 0 Å². The van der Waals surface area contributed by atoms with E-state index >= 15 is 0 Å². The lowest BCUT2D eigenvalue weighted by molar-refractivity contribution is -0.116. The Kier molecular flexibility index (Phi) is 5.79. The van der Waals surface area contributed by atoms with Gasteiger partial charge in [0.25, 0.3) is 0 Å². The number of thioether (sulfide) groups is 1. The number of rotatable bonds is 6. The summed E-state index contributed by atoms with van der Waals surface area (Å²) < 4.78 is 23.1. The second-order valence-electron chi connectivity index (χ2n) is 4.62. The number of hydrogen-bond donors (Lipinski definition) is 2. The summed E-state index contributed by atoms with van der Waals surface area (Å²) in [5, 5.41) is 11.7. The van der Waals surface area contributed by atoms with Crippen LogP contribution in [-0.4, -0.2) is 43.2 Å². The van der Waals surface area contributed by atoms with Crippen LogP contribution in [0.5, 0.6) is 0 Å². The normalized spacial score (nSPS) is 12.7. The van der Waals surface area contributed by atoms with Gasteiger partial charge in [-0.25, -0.2) is 13.2 Å². The fraction of sp³-hybridized carbons (Fsp3) is 0.385. The van der Waals surface area contributed by atoms with Crippen molar-refractivity contribution in [3.05, 3.63) is 23.8 Å². The molecule has 0 aliphatic rings. The zero-order valence-electron chi connectivity index (χ0n) is 11.9. The Bertz CT molecular complexity index is 655. The topological polar surface area (TPSA) is 101 Å². The van der Waals surface area contributed by atoms with Crippen LogP contribution in [0.15, 0.2) is 23.1 Å². The van der Waals surface area contributed by atoms with Crippen LogP contribution in [0.25, 0.3) is 0 Å². The highest BCUT2D eigenvalue weighted by Crippen LogP contribution is 2.20. The Balaban J connectivity index is 3.10. The average molecular weight is 331 g/mol. The molecule has 0 heterocycles. The Labute approximate surface area is 127 Å². The Morgan fingerprint density at radius 2 is 1.95 bits per heavy atom. The van der Waals surface area contributed by atoms with Gasteiger partial charge in [0.15, 0.2) is 9.84 Å². The Hall–Kier alpha value is -1.54. The van der Waals surface area contributed by atoms with E-state index in [1.165, 1.54) is 23.9 Å². The molecule has 1 aromatic carbocycles. The van der Waals surface area contributed by atoms with Crippen LogP contribution in [0.4, 0.5) is 5.69 Å². The molecule has 2 N–H and O–H groups in total. The molecule has 1 amide bonds. The van der Waals surface area contributed by atoms with Gasteiger partial charge in [0.1, 0.15) is 0 Å². The van der Waals surface area contributed by atoms with Crippen molar-refractivity contribution < 1.29 is 23.1 Å². The van der Waals surface area contributed by atoms with Crippen molar-refractivity contribution in [2.45, 2.75) is 23.5 Å². The molecule has 0 radical (unpaired) electrons. The highest BCUT2D eigenvalue weighted by molar-refractivity contribution is 7.99. The molecule has 116 valence electrons. The van der Waals surface area contributed by atoms with Crippen LogP contribution in [0.1, 0.15) is 23.7 Å². The minimum atomic E-state index is -3.56. The van der Waals surface area contributed by atoms with E-state index in [1.54, 1.807) is 0 Å². The number of sulfone groups is 1. The predicted octanol–water partition coefficient (Wildman–Crippen LogP) is 1.87. The lowest BCUT2D eigenvalue weighted by atomic mass is 10.2. The molecule has 6 nitrogen and oxygen atoms in total. The van der Waals surface area contributed by atoms with E-state index in [4.69, 9.17) is 5.11 Å². The number of amides is 1. The van der Waals surface area contributed by atoms with Gasteiger partial charge >= 0.3 is 5.97 Å². The fourth-order valence-corrected chi connectivity index (χ4v) is 2.57. The van der Waals surface area contributed by atoms with E-state index in [1.807, 2.05) is 13.2 Å². The summed E-state index contributed by atoms with van der Waals surface area (Å²) >= 11 is 1.53. The highest BCUT2D eigenvalue weighted by atomic mass is 32.2. The van der Waals surface area contributed by atoms with Crippen molar-refractivity contribution in [1.29, 1.82) is 0 Å². The summed E-state index contributed by atoms with van der Waals surface area (Å²) in [5.74, 6) is -1.55. The van der Waals surface area contributed by atoms with E-state index in [0.29, 0.717) is 0 Å². The van der Waals surface area contributed by atoms with Crippen LogP contribution < -0.4 is 5.32 Å². The summed E-state index contributed by atoms with van der Waals surface area (Å²) in [6.45, 7) is 1.89. The number of carboxylic acids is 1. The first-order chi connectivity index (χ1) is 9.63. The number of carbonyl (C=O) groups excluding carboxylic acids is 1. The first-order valence-corrected chi connectivity index (χ1v) is 9.22. The van der Waals surface area contributed by atoms with Crippen molar-refractivity contribution in [2.75, 3.05) is 17.8 Å². The lowest BCUT2D eigenvalue weighted by Crippen LogP contribution is -2.17. The summed E-state index contributed by atoms with van der Waals surface area (Å²) in [6.07, 6.45) is 3.12. The standard InChI is InChI=1S/C13H17NO5S2/c1-8(20-2)4-12(15)14-10-5-9(13(16)17)6-11(7-10)21(3,18)19/h5-8H,4H2,1-3H3,(H,14,15)(H,16,17). The first kappa shape index (κ1) is 17.5. The molecule has 0 saturated heterocycles. The molecule has 0 fully saturated rings. The molecule has 1 aromatic rings. The molecule has 21 heavy (non-hydrogen) atoms. The van der Waals surface area contributed by atoms with Gasteiger partial charge in [-0.15, -0.1) is 0 Å². The van der Waals surface area contributed by atoms with E-state index in [-0.39, 0.29) is 33.7 Å². The molecule has 0 aromatic heterocycles. The summed E-state index contributed by atoms with van der Waals surface area (Å²) in [4.78, 5) is 22.7. The van der Waals surface area contributed by atoms with Crippen molar-refractivity contribution >= 4 is 39.2 Å². The first-order valence-electron chi connectivity index (χ1n) is 6.04. The largest absolute Gasteiger partial charge is 0.478 e. The minimum Gasteiger partial charge on any atom is -0.478 e. The van der Waals surface area contributed by atoms with Crippen LogP contribution in [0, 0.1) is 0 Å². The second kappa shape index (κ2) is 6.95. The number of benzene rings is 1. The third kappa shape index (κ3) is 5.39. The molecule has 1 atom stereocenters. The molecule has 1 rings (SSSR count). The van der Waals surface area contributed by atoms with Gasteiger partial charge in [-0.05, 0) is 24.5 Å². The molecular weight excluding hydrogens is 314 g/mol. The maximum atomic E-state index is 11.8. The van der Waals surface area contributed by atoms with Gasteiger partial charge in [0, 0.05) is 23.6 Å². The second-order valence-corrected chi connectivity index (χ2v) is 7.91. The van der Waals surface area contributed by atoms with E-state index in [9.17, 15) is 18.0 Å². The predicted molar refractivity (Wildman–Crippen MR) is 82.7 cm³/mol. The molecule has 0 spiro atoms. The number of carbonyl (C=O) groups is 2. The monoisotopic (exact) mass is 331 g/mol. The number of anilines is 1. The van der Waals surface area contributed by atoms with E-state index < -0.39 is 15.8 Å². The zero-order chi connectivity index (χ0) is 16.2. The van der Waals surface area contributed by atoms with Crippen molar-refractivity contribution in [3.63, 3.8) is 0 Å². The maximum Gasteiger partial charge on any atom is 0.335 e. The third-order valence-electron chi connectivity index (χ3n) is 2.74. The highest BCUT2D eigenvalue weighted by Gasteiger charge is 2.15. The van der Waals surface area contributed by atoms with Gasteiger partial charge in [0.2, 0.25) is 5.91 Å². The van der Waals surface area contributed by atoms with E-state index in [2.05, 4.69) is 5.32 Å². The third-order valence-corrected chi connectivity index (χ3v) is 4.80. The smallest absolute Gasteiger partial charge is 0.335 e. The number of nitrogens with one attached hydrogen (secondary N) is 1. The van der Waals surface area contributed by atoms with Crippen LogP contribution in [-0.2, 0) is 14.6 Å². The quantitative estimate of drug-likeness (QED) is 0.825. The van der Waals surface area contributed by atoms with Gasteiger partial charge in [-0.2, -0.15) is 11.8 Å². The Morgan fingerprint density at radius 1 is 1.33 bits per heavy atom. The number of carboxylic acid groups (broad SMARTS) is 1. The Morgan fingerprint density at radius 3 is 2.43 bits per heavy atom. The molecular formula is C13H17NO5S2. The average Bonchev–Trinajstić information content (AvgIpc) is 2.36. The minimum absolute atomic E-state index is 0.113. The number of hydrogen-bond acceptors (Lipinski definition) is 5. The van der Waals surface area contributed by atoms with Crippen molar-refractivity contribution in [3.8, 4) is 0 Å². The van der Waals surface area contributed by atoms with Crippen LogP contribution in [0.2, 0.25) is 0 Å². The molecule has 0 aliphatic carbocycles. The van der Waals surface area contributed by atoms with Crippen molar-refractivity contribution in [1.82, 2.24) is 0 Å². The fourth-order valence-electron chi connectivity index (χ4n) is 1.57. The van der Waals surface area contributed by atoms with E-state index in [0.717, 1.165) is 12.3 Å². The van der Waals surface area contributed by atoms with Crippen LogP contribution >= 0.6 is 11.8 Å². The molecule has 0 aliphatic heterocycles. The maximum absolute atomic E-state index is 11.8. The van der Waals surface area contributed by atoms with Gasteiger partial charge < -0.3 is 10.4 Å². The van der Waals surface area contributed by atoms with Gasteiger partial charge in [-0.3, -0.25) is 4.79 Å². The van der Waals surface area contributed by atoms with Crippen LogP contribution in [0.3, 0.4) is 0 Å². The molecule has 1 unspecified atom stereocenters. The van der Waals surface area contributed by atoms with Gasteiger partial charge in [0.05, 0.1) is 10.5 Å². The van der Waals surface area contributed by atoms with Gasteiger partial charge in [-0.1, -0.05) is 6.92 Å². The number of aromatic carboxylic acids is 1. The summed E-state index contributed by atoms with van der Waals surface area (Å²) in [7, 11) is -3.56. The molecule has 8 heteroatoms. The summed E-state index contributed by atoms with van der Waals surface area (Å²) in [5.41, 5.74) is -0.0280. The SMILES string of the molecule is CSC(C)CC(=O)Nc1cc(C(=O)O)cc(S(C)(=O)=O)c1. The molecule has 0 bridgehead atoms. The zero-order valence-corrected chi connectivity index (χ0v) is 13.5. The summed E-state index contributed by atoms with van der Waals surface area (Å²) in [6, 6.07) is 3.56.